The maximum Gasteiger partial charge on any atom is 0.247 e. The Balaban J connectivity index is 2.13. The Morgan fingerprint density at radius 2 is 1.95 bits per heavy atom. The van der Waals surface area contributed by atoms with Gasteiger partial charge in [-0.25, -0.2) is 4.98 Å². The SMILES string of the molecule is Cc1nc(Br)ccc1NC(=O)C(Cl)c1ccccc1. The van der Waals surface area contributed by atoms with E-state index >= 15 is 0 Å². The van der Waals surface area contributed by atoms with Crippen LogP contribution in [0.5, 0.6) is 0 Å². The number of aryl methyl sites for hydroxylation is 1. The van der Waals surface area contributed by atoms with Gasteiger partial charge in [0.25, 0.3) is 0 Å². The molecule has 0 fully saturated rings. The molecule has 1 aromatic heterocycles. The van der Waals surface area contributed by atoms with Crippen LogP contribution in [0.4, 0.5) is 5.69 Å². The second-order valence-corrected chi connectivity index (χ2v) is 5.28. The van der Waals surface area contributed by atoms with Gasteiger partial charge in [0.1, 0.15) is 9.98 Å². The quantitative estimate of drug-likeness (QED) is 0.676. The molecule has 0 bridgehead atoms. The molecule has 2 rings (SSSR count). The van der Waals surface area contributed by atoms with Crippen molar-refractivity contribution >= 4 is 39.1 Å². The Kier molecular flexibility index (Phi) is 4.56. The first kappa shape index (κ1) is 14.0. The number of carbonyl (C=O) groups is 1. The molecule has 1 amide bonds. The number of carbonyl (C=O) groups excluding carboxylic acids is 1. The highest BCUT2D eigenvalue weighted by atomic mass is 79.9. The van der Waals surface area contributed by atoms with Gasteiger partial charge >= 0.3 is 0 Å². The molecular weight excluding hydrogens is 328 g/mol. The van der Waals surface area contributed by atoms with Crippen molar-refractivity contribution in [1.82, 2.24) is 4.98 Å². The molecule has 0 saturated carbocycles. The van der Waals surface area contributed by atoms with Crippen molar-refractivity contribution in [1.29, 1.82) is 0 Å². The lowest BCUT2D eigenvalue weighted by molar-refractivity contribution is -0.116. The molecule has 1 aromatic carbocycles. The molecule has 5 heteroatoms. The number of benzene rings is 1. The first-order valence-corrected chi connectivity index (χ1v) is 6.94. The fourth-order valence-corrected chi connectivity index (χ4v) is 2.23. The number of hydrogen-bond donors (Lipinski definition) is 1. The van der Waals surface area contributed by atoms with Crippen LogP contribution in [0, 0.1) is 6.92 Å². The zero-order valence-corrected chi connectivity index (χ0v) is 12.6. The minimum Gasteiger partial charge on any atom is -0.323 e. The smallest absolute Gasteiger partial charge is 0.247 e. The molecule has 0 aliphatic rings. The second-order valence-electron chi connectivity index (χ2n) is 4.03. The summed E-state index contributed by atoms with van der Waals surface area (Å²) in [6.45, 7) is 1.83. The zero-order valence-electron chi connectivity index (χ0n) is 10.2. The van der Waals surface area contributed by atoms with Crippen LogP contribution >= 0.6 is 27.5 Å². The molecule has 3 nitrogen and oxygen atoms in total. The highest BCUT2D eigenvalue weighted by Crippen LogP contribution is 2.23. The first-order chi connectivity index (χ1) is 9.08. The summed E-state index contributed by atoms with van der Waals surface area (Å²) in [5.74, 6) is -0.264. The molecule has 1 heterocycles. The molecule has 0 aliphatic carbocycles. The van der Waals surface area contributed by atoms with Gasteiger partial charge in [-0.2, -0.15) is 0 Å². The van der Waals surface area contributed by atoms with Gasteiger partial charge in [0.15, 0.2) is 0 Å². The molecule has 1 N–H and O–H groups in total. The van der Waals surface area contributed by atoms with Gasteiger partial charge in [0, 0.05) is 0 Å². The lowest BCUT2D eigenvalue weighted by Gasteiger charge is -2.12. The Labute approximate surface area is 125 Å². The van der Waals surface area contributed by atoms with Crippen LogP contribution in [0.25, 0.3) is 0 Å². The Hall–Kier alpha value is -1.39. The Bertz CT molecular complexity index is 589. The summed E-state index contributed by atoms with van der Waals surface area (Å²) >= 11 is 9.43. The predicted molar refractivity (Wildman–Crippen MR) is 80.3 cm³/mol. The van der Waals surface area contributed by atoms with Crippen LogP contribution in [0.1, 0.15) is 16.6 Å². The van der Waals surface area contributed by atoms with Gasteiger partial charge in [-0.15, -0.1) is 11.6 Å². The van der Waals surface area contributed by atoms with Crippen molar-refractivity contribution in [2.45, 2.75) is 12.3 Å². The molecular formula is C14H12BrClN2O. The van der Waals surface area contributed by atoms with Crippen LogP contribution in [-0.4, -0.2) is 10.9 Å². The van der Waals surface area contributed by atoms with Crippen LogP contribution < -0.4 is 5.32 Å². The molecule has 19 heavy (non-hydrogen) atoms. The average molecular weight is 340 g/mol. The number of pyridine rings is 1. The summed E-state index contributed by atoms with van der Waals surface area (Å²) in [6, 6.07) is 12.8. The molecule has 98 valence electrons. The molecule has 2 aromatic rings. The van der Waals surface area contributed by atoms with Crippen LogP contribution in [0.3, 0.4) is 0 Å². The van der Waals surface area contributed by atoms with Gasteiger partial charge < -0.3 is 5.32 Å². The molecule has 0 saturated heterocycles. The molecule has 0 spiro atoms. The second kappa shape index (κ2) is 6.17. The van der Waals surface area contributed by atoms with E-state index < -0.39 is 5.38 Å². The van der Waals surface area contributed by atoms with Crippen molar-refractivity contribution in [3.63, 3.8) is 0 Å². The largest absolute Gasteiger partial charge is 0.323 e. The molecule has 0 radical (unpaired) electrons. The first-order valence-electron chi connectivity index (χ1n) is 5.71. The number of halogens is 2. The van der Waals surface area contributed by atoms with Crippen LogP contribution in [0.15, 0.2) is 47.1 Å². The van der Waals surface area contributed by atoms with E-state index in [4.69, 9.17) is 11.6 Å². The fourth-order valence-electron chi connectivity index (χ4n) is 1.63. The Morgan fingerprint density at radius 1 is 1.26 bits per heavy atom. The third-order valence-corrected chi connectivity index (χ3v) is 3.52. The molecule has 1 atom stereocenters. The van der Waals surface area contributed by atoms with E-state index in [-0.39, 0.29) is 5.91 Å². The van der Waals surface area contributed by atoms with E-state index in [9.17, 15) is 4.79 Å². The summed E-state index contributed by atoms with van der Waals surface area (Å²) in [5, 5.41) is 2.06. The van der Waals surface area contributed by atoms with Crippen molar-refractivity contribution < 1.29 is 4.79 Å². The van der Waals surface area contributed by atoms with Gasteiger partial charge in [-0.1, -0.05) is 30.3 Å². The number of nitrogens with one attached hydrogen (secondary N) is 1. The van der Waals surface area contributed by atoms with Crippen molar-refractivity contribution in [3.05, 3.63) is 58.3 Å². The maximum absolute atomic E-state index is 12.1. The minimum absolute atomic E-state index is 0.264. The van der Waals surface area contributed by atoms with Crippen LogP contribution in [0.2, 0.25) is 0 Å². The van der Waals surface area contributed by atoms with Crippen molar-refractivity contribution in [3.8, 4) is 0 Å². The lowest BCUT2D eigenvalue weighted by atomic mass is 10.1. The van der Waals surface area contributed by atoms with Gasteiger partial charge in [0.05, 0.1) is 11.4 Å². The maximum atomic E-state index is 12.1. The number of amides is 1. The monoisotopic (exact) mass is 338 g/mol. The highest BCUT2D eigenvalue weighted by Gasteiger charge is 2.18. The van der Waals surface area contributed by atoms with Crippen molar-refractivity contribution in [2.75, 3.05) is 5.32 Å². The lowest BCUT2D eigenvalue weighted by Crippen LogP contribution is -2.18. The van der Waals surface area contributed by atoms with E-state index in [2.05, 4.69) is 26.2 Å². The van der Waals surface area contributed by atoms with E-state index in [1.165, 1.54) is 0 Å². The highest BCUT2D eigenvalue weighted by molar-refractivity contribution is 9.10. The fraction of sp³-hybridized carbons (Fsp3) is 0.143. The number of aromatic nitrogens is 1. The third kappa shape index (κ3) is 3.55. The van der Waals surface area contributed by atoms with Gasteiger partial charge in [0.2, 0.25) is 5.91 Å². The molecule has 0 aliphatic heterocycles. The summed E-state index contributed by atoms with van der Waals surface area (Å²) in [6.07, 6.45) is 0. The number of alkyl halides is 1. The van der Waals surface area contributed by atoms with Gasteiger partial charge in [-0.05, 0) is 40.5 Å². The summed E-state index contributed by atoms with van der Waals surface area (Å²) in [5.41, 5.74) is 2.17. The zero-order chi connectivity index (χ0) is 13.8. The number of anilines is 1. The van der Waals surface area contributed by atoms with Crippen LogP contribution in [-0.2, 0) is 4.79 Å². The summed E-state index contributed by atoms with van der Waals surface area (Å²) in [4.78, 5) is 16.3. The summed E-state index contributed by atoms with van der Waals surface area (Å²) < 4.78 is 0.730. The predicted octanol–water partition coefficient (Wildman–Crippen LogP) is 4.07. The van der Waals surface area contributed by atoms with Crippen molar-refractivity contribution in [2.24, 2.45) is 0 Å². The molecule has 1 unspecified atom stereocenters. The number of rotatable bonds is 3. The average Bonchev–Trinajstić information content (AvgIpc) is 2.42. The van der Waals surface area contributed by atoms with E-state index in [1.54, 1.807) is 12.1 Å². The number of nitrogens with zero attached hydrogens (tertiary/aromatic N) is 1. The normalized spacial score (nSPS) is 11.9. The standard InChI is InChI=1S/C14H12BrClN2O/c1-9-11(7-8-12(15)17-9)18-14(19)13(16)10-5-3-2-4-6-10/h2-8,13H,1H3,(H,18,19). The minimum atomic E-state index is -0.718. The van der Waals surface area contributed by atoms with E-state index in [0.717, 1.165) is 15.9 Å². The Morgan fingerprint density at radius 3 is 2.58 bits per heavy atom. The third-order valence-electron chi connectivity index (χ3n) is 2.63. The number of hydrogen-bond acceptors (Lipinski definition) is 2. The van der Waals surface area contributed by atoms with E-state index in [1.807, 2.05) is 37.3 Å². The van der Waals surface area contributed by atoms with Gasteiger partial charge in [-0.3, -0.25) is 4.79 Å². The summed E-state index contributed by atoms with van der Waals surface area (Å²) in [7, 11) is 0. The topological polar surface area (TPSA) is 42.0 Å². The van der Waals surface area contributed by atoms with E-state index in [0.29, 0.717) is 5.69 Å².